The second-order valence-electron chi connectivity index (χ2n) is 7.68. The number of aliphatic carboxylic acids is 1. The summed E-state index contributed by atoms with van der Waals surface area (Å²) in [6.45, 7) is 6.47. The average Bonchev–Trinajstić information content (AvgIpc) is 2.53. The predicted molar refractivity (Wildman–Crippen MR) is 105 cm³/mol. The number of carboxylic acids is 1. The maximum atomic E-state index is 11.2. The molecule has 1 unspecified atom stereocenters. The van der Waals surface area contributed by atoms with Gasteiger partial charge < -0.3 is 5.11 Å². The van der Waals surface area contributed by atoms with Gasteiger partial charge in [-0.2, -0.15) is 0 Å². The summed E-state index contributed by atoms with van der Waals surface area (Å²) in [4.78, 5) is 11.2. The second-order valence-corrected chi connectivity index (χ2v) is 7.68. The van der Waals surface area contributed by atoms with E-state index in [1.807, 2.05) is 0 Å². The molecule has 0 aromatic heterocycles. The normalized spacial score (nSPS) is 13.0. The molecule has 0 saturated heterocycles. The minimum Gasteiger partial charge on any atom is -0.481 e. The van der Waals surface area contributed by atoms with Crippen molar-refractivity contribution in [3.63, 3.8) is 0 Å². The summed E-state index contributed by atoms with van der Waals surface area (Å²) >= 11 is 0. The molecular formula is C22H42O2. The van der Waals surface area contributed by atoms with Crippen LogP contribution in [0.2, 0.25) is 0 Å². The third-order valence-corrected chi connectivity index (χ3v) is 4.67. The van der Waals surface area contributed by atoms with Crippen molar-refractivity contribution in [3.8, 4) is 0 Å². The van der Waals surface area contributed by atoms with Crippen LogP contribution in [0, 0.1) is 11.8 Å². The fraction of sp³-hybridized carbons (Fsp3) is 0.864. The number of hydrogen-bond acceptors (Lipinski definition) is 1. The van der Waals surface area contributed by atoms with Gasteiger partial charge in [-0.05, 0) is 44.4 Å². The van der Waals surface area contributed by atoms with Crippen molar-refractivity contribution in [2.24, 2.45) is 11.8 Å². The van der Waals surface area contributed by atoms with E-state index >= 15 is 0 Å². The Labute approximate surface area is 151 Å². The van der Waals surface area contributed by atoms with E-state index in [9.17, 15) is 9.90 Å². The zero-order valence-electron chi connectivity index (χ0n) is 16.6. The largest absolute Gasteiger partial charge is 0.481 e. The van der Waals surface area contributed by atoms with E-state index in [1.165, 1.54) is 70.6 Å². The molecule has 0 aliphatic carbocycles. The highest BCUT2D eigenvalue weighted by Crippen LogP contribution is 2.19. The first kappa shape index (κ1) is 23.2. The Morgan fingerprint density at radius 3 is 1.83 bits per heavy atom. The summed E-state index contributed by atoms with van der Waals surface area (Å²) in [5.74, 6) is -0.272. The van der Waals surface area contributed by atoms with Gasteiger partial charge in [-0.3, -0.25) is 4.79 Å². The molecule has 0 heterocycles. The topological polar surface area (TPSA) is 37.3 Å². The van der Waals surface area contributed by atoms with Crippen molar-refractivity contribution in [3.05, 3.63) is 12.2 Å². The molecule has 142 valence electrons. The van der Waals surface area contributed by atoms with E-state index in [4.69, 9.17) is 0 Å². The van der Waals surface area contributed by atoms with Gasteiger partial charge in [-0.1, -0.05) is 84.3 Å². The lowest BCUT2D eigenvalue weighted by molar-refractivity contribution is -0.142. The van der Waals surface area contributed by atoms with Crippen LogP contribution < -0.4 is 0 Å². The lowest BCUT2D eigenvalue weighted by Crippen LogP contribution is -2.15. The summed E-state index contributed by atoms with van der Waals surface area (Å²) in [7, 11) is 0. The molecule has 1 N–H and O–H groups in total. The van der Waals surface area contributed by atoms with Crippen LogP contribution in [0.25, 0.3) is 0 Å². The average molecular weight is 339 g/mol. The maximum absolute atomic E-state index is 11.2. The zero-order valence-corrected chi connectivity index (χ0v) is 16.6. The second kappa shape index (κ2) is 17.0. The maximum Gasteiger partial charge on any atom is 0.306 e. The highest BCUT2D eigenvalue weighted by Gasteiger charge is 2.17. The van der Waals surface area contributed by atoms with Gasteiger partial charge in [0, 0.05) is 0 Å². The molecule has 0 fully saturated rings. The summed E-state index contributed by atoms with van der Waals surface area (Å²) in [6.07, 6.45) is 21.7. The third-order valence-electron chi connectivity index (χ3n) is 4.67. The van der Waals surface area contributed by atoms with Gasteiger partial charge in [0.1, 0.15) is 0 Å². The van der Waals surface area contributed by atoms with E-state index in [0.717, 1.165) is 19.3 Å². The Bertz CT molecular complexity index is 307. The lowest BCUT2D eigenvalue weighted by atomic mass is 9.92. The molecule has 0 saturated carbocycles. The van der Waals surface area contributed by atoms with E-state index < -0.39 is 5.97 Å². The third kappa shape index (κ3) is 16.1. The van der Waals surface area contributed by atoms with Crippen LogP contribution in [-0.4, -0.2) is 11.1 Å². The fourth-order valence-corrected chi connectivity index (χ4v) is 3.20. The number of carboxylic acid groups (broad SMARTS) is 1. The molecular weight excluding hydrogens is 296 g/mol. The minimum absolute atomic E-state index is 0.137. The summed E-state index contributed by atoms with van der Waals surface area (Å²) in [6, 6.07) is 0. The minimum atomic E-state index is -0.610. The van der Waals surface area contributed by atoms with E-state index in [-0.39, 0.29) is 5.92 Å². The molecule has 1 atom stereocenters. The predicted octanol–water partition coefficient (Wildman–Crippen LogP) is 7.38. The molecule has 24 heavy (non-hydrogen) atoms. The van der Waals surface area contributed by atoms with E-state index in [2.05, 4.69) is 32.9 Å². The van der Waals surface area contributed by atoms with Crippen LogP contribution in [0.4, 0.5) is 0 Å². The van der Waals surface area contributed by atoms with Crippen LogP contribution in [0.5, 0.6) is 0 Å². The molecule has 0 aromatic rings. The fourth-order valence-electron chi connectivity index (χ4n) is 3.20. The number of rotatable bonds is 17. The highest BCUT2D eigenvalue weighted by atomic mass is 16.4. The number of carbonyl (C=O) groups is 1. The Morgan fingerprint density at radius 1 is 0.833 bits per heavy atom. The molecule has 2 nitrogen and oxygen atoms in total. The quantitative estimate of drug-likeness (QED) is 0.222. The van der Waals surface area contributed by atoms with Gasteiger partial charge in [0.2, 0.25) is 0 Å². The van der Waals surface area contributed by atoms with E-state index in [1.54, 1.807) is 0 Å². The SMILES string of the molecule is CCCCCCCC/C=C\CCCCCCC(CC(C)C)C(=O)O. The molecule has 0 amide bonds. The Kier molecular flexibility index (Phi) is 16.5. The Hall–Kier alpha value is -0.790. The standard InChI is InChI=1S/C22H42O2/c1-4-5-6-7-8-9-10-11-12-13-14-15-16-17-18-21(22(23)24)19-20(2)3/h11-12,20-21H,4-10,13-19H2,1-3H3,(H,23,24)/b12-11-. The smallest absolute Gasteiger partial charge is 0.306 e. The summed E-state index contributed by atoms with van der Waals surface area (Å²) in [5, 5.41) is 9.22. The van der Waals surface area contributed by atoms with Gasteiger partial charge in [-0.15, -0.1) is 0 Å². The summed E-state index contributed by atoms with van der Waals surface area (Å²) < 4.78 is 0. The van der Waals surface area contributed by atoms with Crippen molar-refractivity contribution in [1.29, 1.82) is 0 Å². The molecule has 0 aliphatic rings. The molecule has 2 heteroatoms. The monoisotopic (exact) mass is 338 g/mol. The molecule has 0 aromatic carbocycles. The van der Waals surface area contributed by atoms with Crippen LogP contribution in [0.15, 0.2) is 12.2 Å². The van der Waals surface area contributed by atoms with Crippen molar-refractivity contribution < 1.29 is 9.90 Å². The molecule has 0 aliphatic heterocycles. The molecule has 0 bridgehead atoms. The highest BCUT2D eigenvalue weighted by molar-refractivity contribution is 5.69. The first-order chi connectivity index (χ1) is 11.6. The Balaban J connectivity index is 3.40. The van der Waals surface area contributed by atoms with Crippen molar-refractivity contribution in [2.75, 3.05) is 0 Å². The van der Waals surface area contributed by atoms with E-state index in [0.29, 0.717) is 5.92 Å². The van der Waals surface area contributed by atoms with Gasteiger partial charge >= 0.3 is 5.97 Å². The van der Waals surface area contributed by atoms with Gasteiger partial charge in [0.05, 0.1) is 5.92 Å². The van der Waals surface area contributed by atoms with Crippen LogP contribution in [-0.2, 0) is 4.79 Å². The number of unbranched alkanes of at least 4 members (excludes halogenated alkanes) is 10. The molecule has 0 rings (SSSR count). The summed E-state index contributed by atoms with van der Waals surface area (Å²) in [5.41, 5.74) is 0. The first-order valence-electron chi connectivity index (χ1n) is 10.5. The van der Waals surface area contributed by atoms with Crippen LogP contribution in [0.1, 0.15) is 111 Å². The number of hydrogen-bond donors (Lipinski definition) is 1. The van der Waals surface area contributed by atoms with Crippen LogP contribution in [0.3, 0.4) is 0 Å². The van der Waals surface area contributed by atoms with Crippen molar-refractivity contribution in [2.45, 2.75) is 111 Å². The van der Waals surface area contributed by atoms with Gasteiger partial charge in [0.25, 0.3) is 0 Å². The van der Waals surface area contributed by atoms with Gasteiger partial charge in [-0.25, -0.2) is 0 Å². The van der Waals surface area contributed by atoms with Crippen molar-refractivity contribution in [1.82, 2.24) is 0 Å². The van der Waals surface area contributed by atoms with Crippen LogP contribution >= 0.6 is 0 Å². The lowest BCUT2D eigenvalue weighted by Gasteiger charge is -2.14. The zero-order chi connectivity index (χ0) is 18.0. The first-order valence-corrected chi connectivity index (χ1v) is 10.5. The molecule has 0 radical (unpaired) electrons. The number of allylic oxidation sites excluding steroid dienone is 2. The van der Waals surface area contributed by atoms with Crippen molar-refractivity contribution >= 4 is 5.97 Å². The Morgan fingerprint density at radius 2 is 1.33 bits per heavy atom. The van der Waals surface area contributed by atoms with Gasteiger partial charge in [0.15, 0.2) is 0 Å². The molecule has 0 spiro atoms.